The van der Waals surface area contributed by atoms with Crippen LogP contribution >= 0.6 is 0 Å². The first-order valence-electron chi connectivity index (χ1n) is 54.4. The third kappa shape index (κ3) is 17.7. The summed E-state index contributed by atoms with van der Waals surface area (Å²) in [6, 6.07) is 14.0. The monoisotopic (exact) mass is 1890 g/mol. The fourth-order valence-corrected chi connectivity index (χ4v) is 37.9. The second kappa shape index (κ2) is 39.0. The van der Waals surface area contributed by atoms with Gasteiger partial charge in [0.15, 0.2) is 19.8 Å². The summed E-state index contributed by atoms with van der Waals surface area (Å²) in [6.07, 6.45) is 15.1. The lowest BCUT2D eigenvalue weighted by Gasteiger charge is -2.64. The van der Waals surface area contributed by atoms with Crippen LogP contribution in [0.3, 0.4) is 0 Å². The third-order valence-electron chi connectivity index (χ3n) is 45.4. The molecule has 16 aliphatic rings. The van der Waals surface area contributed by atoms with E-state index >= 15 is 4.79 Å². The van der Waals surface area contributed by atoms with Crippen LogP contribution in [0.25, 0.3) is 10.8 Å². The highest BCUT2D eigenvalue weighted by Gasteiger charge is 2.73. The highest BCUT2D eigenvalue weighted by molar-refractivity contribution is 5.86. The van der Waals surface area contributed by atoms with Gasteiger partial charge in [-0.05, 0) is 396 Å². The zero-order valence-corrected chi connectivity index (χ0v) is 83.9. The molecule has 758 valence electrons. The summed E-state index contributed by atoms with van der Waals surface area (Å²) in [5, 5.41) is 107. The van der Waals surface area contributed by atoms with Crippen molar-refractivity contribution >= 4 is 52.6 Å². The average Bonchev–Trinajstić information content (AvgIpc) is 1.53. The second-order valence-corrected chi connectivity index (χ2v) is 50.8. The molecule has 9 N–H and O–H groups in total. The highest BCUT2D eigenvalue weighted by atomic mass is 16.6. The summed E-state index contributed by atoms with van der Waals surface area (Å²) in [5.74, 6) is -3.42. The van der Waals surface area contributed by atoms with Crippen LogP contribution in [0.4, 0.5) is 0 Å². The van der Waals surface area contributed by atoms with Gasteiger partial charge in [0.25, 0.3) is 0 Å². The lowest BCUT2D eigenvalue weighted by atomic mass is 9.43. The Labute approximate surface area is 808 Å². The van der Waals surface area contributed by atoms with Crippen molar-refractivity contribution in [3.63, 3.8) is 0 Å². The molecule has 0 unspecified atom stereocenters. The molecular formula is C113H168O23. The molecule has 16 saturated carbocycles. The van der Waals surface area contributed by atoms with E-state index < -0.39 is 138 Å². The molecule has 0 amide bonds. The van der Waals surface area contributed by atoms with Gasteiger partial charge in [0.2, 0.25) is 0 Å². The number of hydrogen-bond donors (Lipinski definition) is 9. The molecular weight excluding hydrogens is 1730 g/mol. The van der Waals surface area contributed by atoms with E-state index in [0.717, 1.165) is 93.4 Å². The van der Waals surface area contributed by atoms with Crippen LogP contribution in [-0.4, -0.2) is 181 Å². The number of ether oxygens (including phenoxy) is 7. The summed E-state index contributed by atoms with van der Waals surface area (Å²) in [5.41, 5.74) is -2.00. The van der Waals surface area contributed by atoms with E-state index in [9.17, 15) is 74.7 Å². The smallest absolute Gasteiger partial charge is 0.344 e. The molecule has 2 aromatic carbocycles. The molecule has 16 aliphatic carbocycles. The Morgan fingerprint density at radius 3 is 1.07 bits per heavy atom. The van der Waals surface area contributed by atoms with Crippen molar-refractivity contribution in [1.82, 2.24) is 0 Å². The van der Waals surface area contributed by atoms with Gasteiger partial charge in [0.05, 0.1) is 54.9 Å². The van der Waals surface area contributed by atoms with E-state index in [-0.39, 0.29) is 215 Å². The van der Waals surface area contributed by atoms with E-state index in [2.05, 4.69) is 83.1 Å². The topological polar surface area (TPSA) is 366 Å². The van der Waals surface area contributed by atoms with Crippen molar-refractivity contribution in [2.24, 2.45) is 185 Å². The standard InChI is InChI=1S/C113H168O23/c1-60(75-24-28-79-102-83(52-91(120)110(75,79)9)106(5)40-36-70(114)44-66(106)48-87(102)117)20-33-96(124)131-57-99(127)134-73-39-43-109(8)69(47-73)51-90(135-100(128)58-132-97(125)34-21-61(2)76-25-29-80-103-84(53-92(121)111(76,80)10)107(6)41-37-71(115)45-67(107)49-88(103)118)105-82-31-27-78(63(4)23-32-95(123)130-56-65-18-15-17-64-16-13-14-19-74(64)65)113(82,12)94(55-86(105)109)136-101(129)59-133-98(126)35-22-62(3)77-26-30-81-104-85(54-93(122)112(77,81)11)108(7)42-38-72(116)46-68(108)50-89(104)119/h13-19,60-63,66-73,75-94,102-105,114-122H,20-59H2,1-12H3/t60-,61-,62-,63-,66+,67+,68+,69+,70-,71-,72-,73-,75-,76-,77-,78-,79+,80+,81+,82+,83+,84+,85+,86+,87-,88-,89-,90-,91+,92+,93+,94+,102+,103+,104+,105+,106+,107+,108+,109+,110-,111-,112-,113-/m1/s1. The Bertz CT molecular complexity index is 4650. The molecule has 0 bridgehead atoms. The SMILES string of the molecule is C[C@H](CCC(=O)OCC(=O)O[C@@H]1CC[C@@]2(C)[C@@H](C1)C[C@@H](OC(=O)COC(=O)CC[C@@H](C)[C@H]1CC[C@H]3[C@@H]4[C@H](O)C[C@@H]5C[C@H](O)CC[C@]5(C)[C@H]4C[C@H](O)[C@]13C)[C@@H]1[C@@H]2C[C@H](OC(=O)COC(=O)CC[C@@H](C)[C@H]2CC[C@H]3[C@@H]4[C@H](O)C[C@@H]5C[C@H](O)CC[C@]5(C)[C@H]4C[C@H](O)[C@]23C)[C@]2(C)[C@@H]([C@H](C)CCC(=O)OCc3cccc4ccccc34)CC[C@@H]12)[C@H]1CC[C@H]2[C@@H]3[C@H](O)C[C@@H]4C[C@H](O)CC[C@]4(C)[C@H]3C[C@H](O)[C@]12C. The number of carbonyl (C=O) groups excluding carboxylic acids is 7. The minimum atomic E-state index is -0.792. The van der Waals surface area contributed by atoms with E-state index in [4.69, 9.17) is 33.2 Å². The van der Waals surface area contributed by atoms with Gasteiger partial charge in [-0.25, -0.2) is 14.4 Å². The van der Waals surface area contributed by atoms with Gasteiger partial charge in [-0.15, -0.1) is 0 Å². The Morgan fingerprint density at radius 2 is 0.662 bits per heavy atom. The molecule has 16 fully saturated rings. The van der Waals surface area contributed by atoms with Gasteiger partial charge in [-0.3, -0.25) is 19.2 Å². The number of aliphatic hydroxyl groups excluding tert-OH is 9. The minimum Gasteiger partial charge on any atom is -0.461 e. The zero-order chi connectivity index (χ0) is 96.7. The predicted molar refractivity (Wildman–Crippen MR) is 508 cm³/mol. The summed E-state index contributed by atoms with van der Waals surface area (Å²) in [4.78, 5) is 100. The summed E-state index contributed by atoms with van der Waals surface area (Å²) >= 11 is 0. The maximum Gasteiger partial charge on any atom is 0.344 e. The number of hydrogen-bond acceptors (Lipinski definition) is 23. The molecule has 23 nitrogen and oxygen atoms in total. The van der Waals surface area contributed by atoms with Crippen LogP contribution in [0, 0.1) is 185 Å². The van der Waals surface area contributed by atoms with Crippen LogP contribution in [0.2, 0.25) is 0 Å². The van der Waals surface area contributed by atoms with Crippen molar-refractivity contribution in [3.05, 3.63) is 48.0 Å². The minimum absolute atomic E-state index is 0.00691. The quantitative estimate of drug-likeness (QED) is 0.0296. The molecule has 2 aromatic rings. The largest absolute Gasteiger partial charge is 0.461 e. The first-order chi connectivity index (χ1) is 64.5. The summed E-state index contributed by atoms with van der Waals surface area (Å²) < 4.78 is 43.8. The second-order valence-electron chi connectivity index (χ2n) is 50.8. The van der Waals surface area contributed by atoms with Gasteiger partial charge in [0, 0.05) is 37.0 Å². The van der Waals surface area contributed by atoms with Gasteiger partial charge >= 0.3 is 41.8 Å². The van der Waals surface area contributed by atoms with Gasteiger partial charge in [-0.1, -0.05) is 126 Å². The highest BCUT2D eigenvalue weighted by Crippen LogP contribution is 2.75. The van der Waals surface area contributed by atoms with Crippen molar-refractivity contribution < 1.29 is 113 Å². The first kappa shape index (κ1) is 101. The Morgan fingerprint density at radius 1 is 0.324 bits per heavy atom. The predicted octanol–water partition coefficient (Wildman–Crippen LogP) is 16.7. The fourth-order valence-electron chi connectivity index (χ4n) is 37.9. The fraction of sp³-hybridized carbons (Fsp3) is 0.850. The van der Waals surface area contributed by atoms with Crippen molar-refractivity contribution in [2.75, 3.05) is 19.8 Å². The summed E-state index contributed by atoms with van der Waals surface area (Å²) in [6.45, 7) is 24.9. The first-order valence-corrected chi connectivity index (χ1v) is 54.4. The molecule has 0 aliphatic heterocycles. The lowest BCUT2D eigenvalue weighted by molar-refractivity contribution is -0.228. The van der Waals surface area contributed by atoms with Crippen LogP contribution in [0.15, 0.2) is 42.5 Å². The average molecular weight is 1890 g/mol. The normalized spacial score (nSPS) is 47.0. The Balaban J connectivity index is 0.552. The van der Waals surface area contributed by atoms with Crippen LogP contribution in [0.1, 0.15) is 320 Å². The molecule has 136 heavy (non-hydrogen) atoms. The van der Waals surface area contributed by atoms with Crippen molar-refractivity contribution in [1.29, 1.82) is 0 Å². The van der Waals surface area contributed by atoms with Crippen molar-refractivity contribution in [3.8, 4) is 0 Å². The number of carbonyl (C=O) groups is 7. The van der Waals surface area contributed by atoms with Gasteiger partial charge in [0.1, 0.15) is 24.9 Å². The molecule has 23 heteroatoms. The van der Waals surface area contributed by atoms with E-state index in [1.54, 1.807) is 0 Å². The van der Waals surface area contributed by atoms with Crippen LogP contribution in [-0.2, 0) is 73.3 Å². The maximum atomic E-state index is 15.0. The van der Waals surface area contributed by atoms with E-state index in [1.807, 2.05) is 42.5 Å². The molecule has 18 rings (SSSR count). The molecule has 0 aromatic heterocycles. The third-order valence-corrected chi connectivity index (χ3v) is 45.4. The number of rotatable bonds is 27. The molecule has 0 saturated heterocycles. The Hall–Kier alpha value is -5.37. The number of benzene rings is 2. The maximum absolute atomic E-state index is 15.0. The zero-order valence-electron chi connectivity index (χ0n) is 83.9. The molecule has 0 spiro atoms. The van der Waals surface area contributed by atoms with E-state index in [1.165, 1.54) is 0 Å². The number of fused-ring (bicyclic) bond motifs is 21. The summed E-state index contributed by atoms with van der Waals surface area (Å²) in [7, 11) is 0. The number of aliphatic hydroxyl groups is 9. The van der Waals surface area contributed by atoms with Crippen LogP contribution < -0.4 is 0 Å². The molecule has 0 radical (unpaired) electrons. The van der Waals surface area contributed by atoms with Crippen LogP contribution in [0.5, 0.6) is 0 Å². The Kier molecular flexibility index (Phi) is 28.9. The molecule has 44 atom stereocenters. The van der Waals surface area contributed by atoms with E-state index in [0.29, 0.717) is 128 Å². The van der Waals surface area contributed by atoms with Crippen molar-refractivity contribution in [2.45, 2.75) is 394 Å². The number of esters is 7. The van der Waals surface area contributed by atoms with Gasteiger partial charge < -0.3 is 79.1 Å². The molecule has 0 heterocycles. The lowest BCUT2D eigenvalue weighted by Crippen LogP contribution is -2.63. The van der Waals surface area contributed by atoms with Gasteiger partial charge in [-0.2, -0.15) is 0 Å².